The van der Waals surface area contributed by atoms with Gasteiger partial charge in [0.25, 0.3) is 5.97 Å². The molecule has 169 valence electrons. The van der Waals surface area contributed by atoms with Gasteiger partial charge in [-0.15, -0.1) is 0 Å². The zero-order valence-corrected chi connectivity index (χ0v) is 19.6. The number of aryl methyl sites for hydroxylation is 1. The Morgan fingerprint density at radius 1 is 1.10 bits per heavy atom. The predicted molar refractivity (Wildman–Crippen MR) is 110 cm³/mol. The fourth-order valence-electron chi connectivity index (χ4n) is 2.54. The molecule has 0 amide bonds. The molecule has 31 heavy (non-hydrogen) atoms. The fourth-order valence-corrected chi connectivity index (χ4v) is 2.54. The molecule has 0 bridgehead atoms. The topological polar surface area (TPSA) is 138 Å². The second-order valence-electron chi connectivity index (χ2n) is 8.72. The van der Waals surface area contributed by atoms with Gasteiger partial charge in [-0.3, -0.25) is 19.6 Å². The zero-order valence-electron chi connectivity index (χ0n) is 18.7. The number of carbonyl (C=O) groups is 1. The van der Waals surface area contributed by atoms with Gasteiger partial charge in [-0.05, 0) is 24.0 Å². The van der Waals surface area contributed by atoms with Crippen LogP contribution in [0.2, 0.25) is 0 Å². The number of azo groups is 1. The molecule has 0 unspecified atom stereocenters. The molecule has 3 aromatic heterocycles. The first-order valence-corrected chi connectivity index (χ1v) is 9.19. The Balaban J connectivity index is 0.000000885. The van der Waals surface area contributed by atoms with Crippen LogP contribution in [-0.4, -0.2) is 31.0 Å². The van der Waals surface area contributed by atoms with Crippen molar-refractivity contribution < 1.29 is 27.0 Å². The Labute approximate surface area is 191 Å². The van der Waals surface area contributed by atoms with Crippen LogP contribution in [0.25, 0.3) is 10.5 Å². The standard InChI is InChI=1S/C17H21N9.C2H4O2.Cu/c1-9-19-15-11(13(17(5,6)7)25-26(15)24-9)20-22-14-10(18-8)12(21-23-14)16(2,3)4;1-2(3)4;/h1-7H3;1H3,(H,3,4);/q-2;;+2. The quantitative estimate of drug-likeness (QED) is 0.336. The van der Waals surface area contributed by atoms with E-state index in [-0.39, 0.29) is 33.7 Å². The van der Waals surface area contributed by atoms with E-state index in [9.17, 15) is 0 Å². The van der Waals surface area contributed by atoms with Crippen LogP contribution in [0, 0.1) is 13.5 Å². The molecule has 0 aromatic carbocycles. The van der Waals surface area contributed by atoms with Crippen molar-refractivity contribution in [1.82, 2.24) is 30.0 Å². The van der Waals surface area contributed by atoms with Crippen molar-refractivity contribution in [1.29, 1.82) is 0 Å². The van der Waals surface area contributed by atoms with Crippen molar-refractivity contribution in [2.45, 2.75) is 66.2 Å². The number of fused-ring (bicyclic) bond motifs is 1. The first-order chi connectivity index (χ1) is 13.8. The summed E-state index contributed by atoms with van der Waals surface area (Å²) in [5.74, 6) is -0.0188. The third kappa shape index (κ3) is 5.99. The summed E-state index contributed by atoms with van der Waals surface area (Å²) >= 11 is 0. The van der Waals surface area contributed by atoms with Gasteiger partial charge in [-0.2, -0.15) is 0 Å². The number of carboxylic acids is 1. The summed E-state index contributed by atoms with van der Waals surface area (Å²) in [6, 6.07) is 0. The predicted octanol–water partition coefficient (Wildman–Crippen LogP) is 4.00. The molecule has 11 nitrogen and oxygen atoms in total. The van der Waals surface area contributed by atoms with Crippen LogP contribution in [0.5, 0.6) is 0 Å². The van der Waals surface area contributed by atoms with Gasteiger partial charge in [0, 0.05) is 12.3 Å². The summed E-state index contributed by atoms with van der Waals surface area (Å²) in [7, 11) is 0. The summed E-state index contributed by atoms with van der Waals surface area (Å²) in [5.41, 5.74) is 2.19. The van der Waals surface area contributed by atoms with E-state index in [0.717, 1.165) is 12.6 Å². The van der Waals surface area contributed by atoms with Gasteiger partial charge >= 0.3 is 17.1 Å². The Morgan fingerprint density at radius 3 is 2.13 bits per heavy atom. The largest absolute Gasteiger partial charge is 2.00 e. The van der Waals surface area contributed by atoms with Crippen molar-refractivity contribution >= 4 is 28.8 Å². The summed E-state index contributed by atoms with van der Waals surface area (Å²) in [4.78, 5) is 16.9. The molecule has 3 aromatic rings. The first-order valence-electron chi connectivity index (χ1n) is 9.19. The van der Waals surface area contributed by atoms with Gasteiger partial charge in [-0.25, -0.2) is 9.94 Å². The molecule has 0 spiro atoms. The maximum absolute atomic E-state index is 9.00. The molecule has 1 radical (unpaired) electrons. The van der Waals surface area contributed by atoms with E-state index in [1.165, 1.54) is 4.63 Å². The minimum Gasteiger partial charge on any atom is -0.481 e. The number of rotatable bonds is 2. The van der Waals surface area contributed by atoms with E-state index < -0.39 is 5.97 Å². The monoisotopic (exact) mass is 474 g/mol. The van der Waals surface area contributed by atoms with Gasteiger partial charge in [0.15, 0.2) is 0 Å². The minimum absolute atomic E-state index is 0. The number of aromatic nitrogens is 6. The fraction of sp³-hybridized carbons (Fsp3) is 0.526. The summed E-state index contributed by atoms with van der Waals surface area (Å²) in [6.07, 6.45) is 0. The van der Waals surface area contributed by atoms with Crippen molar-refractivity contribution in [2.75, 3.05) is 0 Å². The zero-order chi connectivity index (χ0) is 22.9. The van der Waals surface area contributed by atoms with Crippen molar-refractivity contribution in [3.63, 3.8) is 0 Å². The molecule has 0 atom stereocenters. The molecule has 3 rings (SSSR count). The molecule has 0 aliphatic carbocycles. The Hall–Kier alpha value is -3.03. The van der Waals surface area contributed by atoms with Crippen LogP contribution < -0.4 is 10.1 Å². The van der Waals surface area contributed by atoms with Crippen LogP contribution >= 0.6 is 0 Å². The molecule has 0 saturated heterocycles. The molecule has 0 aliphatic rings. The first kappa shape index (κ1) is 26.0. The van der Waals surface area contributed by atoms with Crippen LogP contribution in [0.3, 0.4) is 0 Å². The molecule has 1 N–H and O–H groups in total. The molecule has 0 saturated carbocycles. The number of hydrogen-bond donors (Lipinski definition) is 1. The summed E-state index contributed by atoms with van der Waals surface area (Å²) in [5, 5.41) is 32.9. The maximum atomic E-state index is 9.00. The average molecular weight is 475 g/mol. The second-order valence-corrected chi connectivity index (χ2v) is 8.72. The molecule has 12 heteroatoms. The summed E-state index contributed by atoms with van der Waals surface area (Å²) in [6.45, 7) is 22.4. The number of carboxylic acid groups (broad SMARTS) is 1. The molecular formula is C19H25CuN9O2. The Bertz CT molecular complexity index is 1130. The number of nitrogens with zero attached hydrogens (tertiary/aromatic N) is 9. The average Bonchev–Trinajstić information content (AvgIpc) is 3.22. The van der Waals surface area contributed by atoms with E-state index in [4.69, 9.17) is 16.5 Å². The third-order valence-electron chi connectivity index (χ3n) is 3.79. The van der Waals surface area contributed by atoms with E-state index >= 15 is 0 Å². The van der Waals surface area contributed by atoms with Gasteiger partial charge in [0.1, 0.15) is 0 Å². The smallest absolute Gasteiger partial charge is 0.481 e. The van der Waals surface area contributed by atoms with Crippen LogP contribution in [0.1, 0.15) is 65.7 Å². The van der Waals surface area contributed by atoms with Gasteiger partial charge in [-0.1, -0.05) is 41.5 Å². The van der Waals surface area contributed by atoms with Gasteiger partial charge < -0.3 is 25.4 Å². The van der Waals surface area contributed by atoms with Crippen molar-refractivity contribution in [2.24, 2.45) is 10.2 Å². The Kier molecular flexibility index (Phi) is 7.89. The molecule has 0 aliphatic heterocycles. The normalized spacial score (nSPS) is 11.7. The van der Waals surface area contributed by atoms with Crippen molar-refractivity contribution in [3.8, 4) is 0 Å². The van der Waals surface area contributed by atoms with Crippen molar-refractivity contribution in [3.05, 3.63) is 28.6 Å². The van der Waals surface area contributed by atoms with Gasteiger partial charge in [0.2, 0.25) is 5.69 Å². The van der Waals surface area contributed by atoms with Crippen LogP contribution in [0.4, 0.5) is 17.2 Å². The van der Waals surface area contributed by atoms with E-state index in [1.54, 1.807) is 6.92 Å². The maximum Gasteiger partial charge on any atom is 2.00 e. The third-order valence-corrected chi connectivity index (χ3v) is 3.79. The summed E-state index contributed by atoms with van der Waals surface area (Å²) < 4.78 is 1.47. The van der Waals surface area contributed by atoms with Crippen LogP contribution in [0.15, 0.2) is 10.2 Å². The second kappa shape index (κ2) is 9.41. The van der Waals surface area contributed by atoms with E-state index in [0.29, 0.717) is 28.5 Å². The number of hydrogen-bond acceptors (Lipinski definition) is 6. The molecular weight excluding hydrogens is 450 g/mol. The van der Waals surface area contributed by atoms with Gasteiger partial charge in [0.05, 0.1) is 29.3 Å². The Morgan fingerprint density at radius 2 is 1.65 bits per heavy atom. The molecule has 0 fully saturated rings. The SMILES string of the molecule is CC(=O)O.[C-]#[N+]c1c(C(C)(C)C)n[n-]c1N=Nc1c(C(C)(C)C)nn2nc(C)[n-]c12.[Cu+2]. The van der Waals surface area contributed by atoms with E-state index in [1.807, 2.05) is 41.5 Å². The molecule has 3 heterocycles. The number of aliphatic carboxylic acids is 1. The van der Waals surface area contributed by atoms with E-state index in [2.05, 4.69) is 40.5 Å². The minimum atomic E-state index is -0.833. The van der Waals surface area contributed by atoms with Crippen LogP contribution in [-0.2, 0) is 32.7 Å².